The van der Waals surface area contributed by atoms with Crippen LogP contribution in [0.2, 0.25) is 5.15 Å². The van der Waals surface area contributed by atoms with Crippen molar-refractivity contribution in [3.63, 3.8) is 0 Å². The van der Waals surface area contributed by atoms with E-state index in [9.17, 15) is 13.2 Å². The van der Waals surface area contributed by atoms with Crippen LogP contribution in [0.5, 0.6) is 0 Å². The van der Waals surface area contributed by atoms with Crippen molar-refractivity contribution < 1.29 is 13.2 Å². The molecule has 0 saturated heterocycles. The Kier molecular flexibility index (Phi) is 5.31. The Morgan fingerprint density at radius 2 is 2.05 bits per heavy atom. The van der Waals surface area contributed by atoms with Crippen LogP contribution < -0.4 is 5.32 Å². The van der Waals surface area contributed by atoms with Gasteiger partial charge in [0.2, 0.25) is 0 Å². The van der Waals surface area contributed by atoms with Crippen molar-refractivity contribution in [2.24, 2.45) is 0 Å². The van der Waals surface area contributed by atoms with E-state index in [4.69, 9.17) is 11.6 Å². The van der Waals surface area contributed by atoms with Crippen LogP contribution in [-0.2, 0) is 19.3 Å². The van der Waals surface area contributed by atoms with Crippen molar-refractivity contribution >= 4 is 28.6 Å². The van der Waals surface area contributed by atoms with E-state index in [0.717, 1.165) is 11.1 Å². The number of halogens is 4. The zero-order valence-corrected chi connectivity index (χ0v) is 13.6. The lowest BCUT2D eigenvalue weighted by molar-refractivity contribution is -0.138. The summed E-state index contributed by atoms with van der Waals surface area (Å²) in [6, 6.07) is 4.28. The molecule has 2 rings (SSSR count). The summed E-state index contributed by atoms with van der Waals surface area (Å²) >= 11 is 7.07. The average molecular weight is 350 g/mol. The van der Waals surface area contributed by atoms with E-state index in [-0.39, 0.29) is 12.1 Å². The van der Waals surface area contributed by atoms with Gasteiger partial charge in [-0.05, 0) is 31.8 Å². The summed E-state index contributed by atoms with van der Waals surface area (Å²) in [5.74, 6) is 0. The van der Waals surface area contributed by atoms with Gasteiger partial charge in [0.15, 0.2) is 0 Å². The first-order chi connectivity index (χ1) is 10.3. The Balaban J connectivity index is 2.19. The average Bonchev–Trinajstić information content (AvgIpc) is 2.81. The van der Waals surface area contributed by atoms with Crippen molar-refractivity contribution in [1.29, 1.82) is 0 Å². The van der Waals surface area contributed by atoms with Gasteiger partial charge in [-0.1, -0.05) is 17.7 Å². The van der Waals surface area contributed by atoms with Gasteiger partial charge in [-0.2, -0.15) is 13.2 Å². The maximum Gasteiger partial charge on any atom is 0.416 e. The fraction of sp³-hybridized carbons (Fsp3) is 0.357. The summed E-state index contributed by atoms with van der Waals surface area (Å²) in [6.45, 7) is 0.568. The molecule has 3 nitrogen and oxygen atoms in total. The molecule has 2 aromatic rings. The molecule has 8 heteroatoms. The van der Waals surface area contributed by atoms with E-state index >= 15 is 0 Å². The van der Waals surface area contributed by atoms with Gasteiger partial charge in [0.25, 0.3) is 0 Å². The first kappa shape index (κ1) is 17.1. The van der Waals surface area contributed by atoms with Crippen LogP contribution in [0, 0.1) is 0 Å². The highest BCUT2D eigenvalue weighted by molar-refractivity contribution is 7.10. The molecule has 0 spiro atoms. The van der Waals surface area contributed by atoms with Crippen LogP contribution in [0.3, 0.4) is 0 Å². The van der Waals surface area contributed by atoms with Crippen molar-refractivity contribution in [3.8, 4) is 0 Å². The van der Waals surface area contributed by atoms with E-state index in [1.807, 2.05) is 0 Å². The third kappa shape index (κ3) is 4.59. The third-order valence-electron chi connectivity index (χ3n) is 2.87. The maximum absolute atomic E-state index is 13.2. The number of hydrogen-bond donors (Lipinski definition) is 1. The molecule has 0 radical (unpaired) electrons. The van der Waals surface area contributed by atoms with Crippen LogP contribution in [0.15, 0.2) is 23.6 Å². The Labute approximate surface area is 135 Å². The first-order valence-corrected chi connectivity index (χ1v) is 7.70. The number of benzene rings is 1. The molecular weight excluding hydrogens is 335 g/mol. The SMILES string of the molecule is CN(C)Cc1ccc(NCc2nc(Cl)cs2)cc1C(F)(F)F. The molecule has 0 atom stereocenters. The van der Waals surface area contributed by atoms with Gasteiger partial charge >= 0.3 is 6.18 Å². The summed E-state index contributed by atoms with van der Waals surface area (Å²) in [6.07, 6.45) is -4.38. The quantitative estimate of drug-likeness (QED) is 0.862. The highest BCUT2D eigenvalue weighted by atomic mass is 35.5. The van der Waals surface area contributed by atoms with E-state index in [1.54, 1.807) is 30.4 Å². The number of aromatic nitrogens is 1. The lowest BCUT2D eigenvalue weighted by atomic mass is 10.1. The molecule has 1 heterocycles. The van der Waals surface area contributed by atoms with E-state index in [1.165, 1.54) is 17.4 Å². The molecule has 0 aliphatic heterocycles. The fourth-order valence-corrected chi connectivity index (χ4v) is 2.85. The highest BCUT2D eigenvalue weighted by Crippen LogP contribution is 2.34. The molecule has 0 bridgehead atoms. The lowest BCUT2D eigenvalue weighted by Gasteiger charge is -2.17. The molecule has 0 unspecified atom stereocenters. The number of alkyl halides is 3. The molecule has 0 aliphatic rings. The first-order valence-electron chi connectivity index (χ1n) is 6.44. The third-order valence-corrected chi connectivity index (χ3v) is 4.04. The Bertz CT molecular complexity index is 641. The van der Waals surface area contributed by atoms with Crippen LogP contribution in [0.4, 0.5) is 18.9 Å². The molecule has 120 valence electrons. The number of thiazole rings is 1. The molecule has 0 fully saturated rings. The minimum atomic E-state index is -4.38. The van der Waals surface area contributed by atoms with Crippen LogP contribution in [-0.4, -0.2) is 24.0 Å². The van der Waals surface area contributed by atoms with Gasteiger partial charge in [-0.25, -0.2) is 4.98 Å². The van der Waals surface area contributed by atoms with Gasteiger partial charge < -0.3 is 10.2 Å². The second-order valence-corrected chi connectivity index (χ2v) is 6.35. The number of hydrogen-bond acceptors (Lipinski definition) is 4. The zero-order chi connectivity index (χ0) is 16.3. The minimum absolute atomic E-state index is 0.233. The van der Waals surface area contributed by atoms with Crippen LogP contribution in [0.25, 0.3) is 0 Å². The second kappa shape index (κ2) is 6.85. The molecular formula is C14H15ClF3N3S. The zero-order valence-electron chi connectivity index (χ0n) is 12.0. The predicted molar refractivity (Wildman–Crippen MR) is 83.3 cm³/mol. The minimum Gasteiger partial charge on any atom is -0.379 e. The number of rotatable bonds is 5. The van der Waals surface area contributed by atoms with Crippen molar-refractivity contribution in [1.82, 2.24) is 9.88 Å². The largest absolute Gasteiger partial charge is 0.416 e. The normalized spacial score (nSPS) is 12.0. The molecule has 1 aromatic heterocycles. The molecule has 0 saturated carbocycles. The Hall–Kier alpha value is -1.31. The van der Waals surface area contributed by atoms with Gasteiger partial charge in [0.1, 0.15) is 10.2 Å². The Morgan fingerprint density at radius 1 is 1.32 bits per heavy atom. The van der Waals surface area contributed by atoms with E-state index < -0.39 is 11.7 Å². The Morgan fingerprint density at radius 3 is 2.59 bits per heavy atom. The van der Waals surface area contributed by atoms with E-state index in [2.05, 4.69) is 10.3 Å². The monoisotopic (exact) mass is 349 g/mol. The molecule has 1 N–H and O–H groups in total. The standard InChI is InChI=1S/C14H15ClF3N3S/c1-21(2)7-9-3-4-10(5-11(9)14(16,17)18)19-6-13-20-12(15)8-22-13/h3-5,8,19H,6-7H2,1-2H3. The van der Waals surface area contributed by atoms with E-state index in [0.29, 0.717) is 17.4 Å². The van der Waals surface area contributed by atoms with Crippen molar-refractivity contribution in [3.05, 3.63) is 44.9 Å². The summed E-state index contributed by atoms with van der Waals surface area (Å²) in [5, 5.41) is 5.73. The summed E-state index contributed by atoms with van der Waals surface area (Å²) < 4.78 is 39.5. The topological polar surface area (TPSA) is 28.2 Å². The van der Waals surface area contributed by atoms with Crippen LogP contribution >= 0.6 is 22.9 Å². The molecule has 22 heavy (non-hydrogen) atoms. The van der Waals surface area contributed by atoms with Crippen LogP contribution in [0.1, 0.15) is 16.1 Å². The molecule has 1 aromatic carbocycles. The fourth-order valence-electron chi connectivity index (χ4n) is 1.98. The highest BCUT2D eigenvalue weighted by Gasteiger charge is 2.33. The summed E-state index contributed by atoms with van der Waals surface area (Å²) in [4.78, 5) is 5.75. The lowest BCUT2D eigenvalue weighted by Crippen LogP contribution is -2.17. The second-order valence-electron chi connectivity index (χ2n) is 5.02. The smallest absolute Gasteiger partial charge is 0.379 e. The molecule has 0 aliphatic carbocycles. The maximum atomic E-state index is 13.2. The summed E-state index contributed by atoms with van der Waals surface area (Å²) in [5.41, 5.74) is 0.0323. The van der Waals surface area contributed by atoms with Gasteiger partial charge in [0.05, 0.1) is 12.1 Å². The van der Waals surface area contributed by atoms with Crippen molar-refractivity contribution in [2.75, 3.05) is 19.4 Å². The van der Waals surface area contributed by atoms with Gasteiger partial charge in [-0.3, -0.25) is 0 Å². The number of anilines is 1. The summed E-state index contributed by atoms with van der Waals surface area (Å²) in [7, 11) is 3.47. The van der Waals surface area contributed by atoms with Gasteiger partial charge in [-0.15, -0.1) is 11.3 Å². The number of nitrogens with one attached hydrogen (secondary N) is 1. The predicted octanol–water partition coefficient (Wildman–Crippen LogP) is 4.49. The number of nitrogens with zero attached hydrogens (tertiary/aromatic N) is 2. The molecule has 0 amide bonds. The van der Waals surface area contributed by atoms with Crippen molar-refractivity contribution in [2.45, 2.75) is 19.3 Å². The van der Waals surface area contributed by atoms with Gasteiger partial charge in [0, 0.05) is 17.6 Å².